The minimum Gasteiger partial charge on any atom is -0.462 e. The normalized spacial score (nSPS) is 13.2. The molecule has 0 aliphatic carbocycles. The zero-order valence-corrected chi connectivity index (χ0v) is 46.1. The molecule has 0 heterocycles. The molecular weight excluding hydrogens is 889 g/mol. The van der Waals surface area contributed by atoms with Crippen LogP contribution in [0.4, 0.5) is 0 Å². The summed E-state index contributed by atoms with van der Waals surface area (Å²) in [6, 6.07) is 0. The van der Waals surface area contributed by atoms with Crippen LogP contribution in [0, 0.1) is 0 Å². The number of allylic oxidation sites excluding steroid dienone is 24. The Balaban J connectivity index is 4.24. The van der Waals surface area contributed by atoms with Crippen molar-refractivity contribution < 1.29 is 28.6 Å². The molecular formula is C66H104O6. The fourth-order valence-corrected chi connectivity index (χ4v) is 7.35. The highest BCUT2D eigenvalue weighted by Crippen LogP contribution is 2.14. The van der Waals surface area contributed by atoms with Crippen molar-refractivity contribution in [2.45, 2.75) is 239 Å². The van der Waals surface area contributed by atoms with Crippen LogP contribution in [0.1, 0.15) is 233 Å². The van der Waals surface area contributed by atoms with Gasteiger partial charge in [-0.3, -0.25) is 14.4 Å². The predicted octanol–water partition coefficient (Wildman–Crippen LogP) is 19.6. The van der Waals surface area contributed by atoms with E-state index in [4.69, 9.17) is 14.2 Å². The Hall–Kier alpha value is -4.71. The molecule has 1 unspecified atom stereocenters. The summed E-state index contributed by atoms with van der Waals surface area (Å²) in [5.74, 6) is -1.02. The van der Waals surface area contributed by atoms with Gasteiger partial charge in [-0.2, -0.15) is 0 Å². The highest BCUT2D eigenvalue weighted by molar-refractivity contribution is 5.71. The van der Waals surface area contributed by atoms with Crippen LogP contribution < -0.4 is 0 Å². The lowest BCUT2D eigenvalue weighted by molar-refractivity contribution is -0.166. The lowest BCUT2D eigenvalue weighted by atomic mass is 10.1. The van der Waals surface area contributed by atoms with Crippen molar-refractivity contribution in [3.05, 3.63) is 146 Å². The van der Waals surface area contributed by atoms with Crippen LogP contribution in [0.2, 0.25) is 0 Å². The highest BCUT2D eigenvalue weighted by Gasteiger charge is 2.19. The number of unbranched alkanes of at least 4 members (excludes halogenated alkanes) is 15. The first kappa shape index (κ1) is 67.3. The second kappa shape index (κ2) is 58.9. The minimum atomic E-state index is -0.822. The van der Waals surface area contributed by atoms with Gasteiger partial charge in [0.1, 0.15) is 13.2 Å². The second-order valence-corrected chi connectivity index (χ2v) is 18.4. The van der Waals surface area contributed by atoms with Gasteiger partial charge in [-0.05, 0) is 109 Å². The molecule has 0 saturated carbocycles. The molecule has 0 aliphatic heterocycles. The molecule has 1 atom stereocenters. The number of carbonyl (C=O) groups is 3. The standard InChI is InChI=1S/C66H104O6/c1-4-7-10-13-16-18-20-22-24-26-28-29-30-31-32-33-34-35-36-37-39-40-42-44-46-48-50-53-56-59-65(68)71-62-63(61-70-64(67)58-55-52-15-12-9-6-3)72-66(69)60-57-54-51-49-47-45-43-41-38-27-25-23-21-19-17-14-11-8-5-2/h7-8,10-11,16-19,22-25,28-29,31-32,34-35,38,41,45,47,51,54,63H,4-6,9,12-15,20-21,26-27,30,33,36-37,39-40,42-44,46,48-50,52-53,55-62H2,1-3H3/b10-7-,11-8-,18-16-,19-17-,24-22-,25-23-,29-28-,32-31-,35-34-,41-38-,47-45-,54-51-. The average Bonchev–Trinajstić information content (AvgIpc) is 3.38. The Morgan fingerprint density at radius 3 is 0.903 bits per heavy atom. The summed E-state index contributed by atoms with van der Waals surface area (Å²) >= 11 is 0. The van der Waals surface area contributed by atoms with Crippen LogP contribution in [0.25, 0.3) is 0 Å². The van der Waals surface area contributed by atoms with Crippen molar-refractivity contribution in [3.8, 4) is 0 Å². The molecule has 0 fully saturated rings. The van der Waals surface area contributed by atoms with Gasteiger partial charge in [0, 0.05) is 19.3 Å². The Kier molecular flexibility index (Phi) is 55.0. The van der Waals surface area contributed by atoms with E-state index in [0.29, 0.717) is 19.3 Å². The molecule has 0 aromatic carbocycles. The van der Waals surface area contributed by atoms with Crippen LogP contribution >= 0.6 is 0 Å². The van der Waals surface area contributed by atoms with E-state index in [1.54, 1.807) is 0 Å². The molecule has 72 heavy (non-hydrogen) atoms. The van der Waals surface area contributed by atoms with Gasteiger partial charge in [-0.15, -0.1) is 0 Å². The summed E-state index contributed by atoms with van der Waals surface area (Å²) in [6.45, 7) is 6.27. The molecule has 0 aromatic heterocycles. The third kappa shape index (κ3) is 56.2. The molecule has 0 aromatic rings. The van der Waals surface area contributed by atoms with Gasteiger partial charge in [-0.25, -0.2) is 0 Å². The maximum Gasteiger partial charge on any atom is 0.306 e. The van der Waals surface area contributed by atoms with Gasteiger partial charge in [0.15, 0.2) is 6.10 Å². The Morgan fingerprint density at radius 2 is 0.569 bits per heavy atom. The predicted molar refractivity (Wildman–Crippen MR) is 311 cm³/mol. The Labute approximate surface area is 442 Å². The summed E-state index contributed by atoms with van der Waals surface area (Å²) in [5, 5.41) is 0. The fourth-order valence-electron chi connectivity index (χ4n) is 7.35. The number of hydrogen-bond donors (Lipinski definition) is 0. The maximum atomic E-state index is 12.8. The van der Waals surface area contributed by atoms with E-state index in [1.165, 1.54) is 64.2 Å². The van der Waals surface area contributed by atoms with Crippen molar-refractivity contribution >= 4 is 17.9 Å². The monoisotopic (exact) mass is 993 g/mol. The molecule has 0 amide bonds. The molecule has 0 N–H and O–H groups in total. The number of rotatable bonds is 50. The van der Waals surface area contributed by atoms with Crippen LogP contribution in [-0.2, 0) is 28.6 Å². The molecule has 0 radical (unpaired) electrons. The molecule has 404 valence electrons. The molecule has 0 bridgehead atoms. The third-order valence-electron chi connectivity index (χ3n) is 11.6. The summed E-state index contributed by atoms with van der Waals surface area (Å²) in [7, 11) is 0. The number of ether oxygens (including phenoxy) is 3. The van der Waals surface area contributed by atoms with Crippen molar-refractivity contribution in [3.63, 3.8) is 0 Å². The smallest absolute Gasteiger partial charge is 0.306 e. The summed E-state index contributed by atoms with van der Waals surface area (Å²) < 4.78 is 16.7. The topological polar surface area (TPSA) is 78.9 Å². The van der Waals surface area contributed by atoms with Crippen molar-refractivity contribution in [2.24, 2.45) is 0 Å². The lowest BCUT2D eigenvalue weighted by Crippen LogP contribution is -2.30. The van der Waals surface area contributed by atoms with E-state index in [9.17, 15) is 14.4 Å². The second-order valence-electron chi connectivity index (χ2n) is 18.4. The summed E-state index contributed by atoms with van der Waals surface area (Å²) in [6.07, 6.45) is 84.6. The van der Waals surface area contributed by atoms with Crippen molar-refractivity contribution in [1.82, 2.24) is 0 Å². The van der Waals surface area contributed by atoms with E-state index < -0.39 is 12.1 Å². The quantitative estimate of drug-likeness (QED) is 0.0261. The van der Waals surface area contributed by atoms with Gasteiger partial charge in [0.25, 0.3) is 0 Å². The van der Waals surface area contributed by atoms with Crippen LogP contribution in [0.15, 0.2) is 146 Å². The first-order valence-corrected chi connectivity index (χ1v) is 28.8. The number of esters is 3. The van der Waals surface area contributed by atoms with Crippen LogP contribution in [0.3, 0.4) is 0 Å². The highest BCUT2D eigenvalue weighted by atomic mass is 16.6. The lowest BCUT2D eigenvalue weighted by Gasteiger charge is -2.18. The molecule has 0 saturated heterocycles. The van der Waals surface area contributed by atoms with Crippen LogP contribution in [0.5, 0.6) is 0 Å². The van der Waals surface area contributed by atoms with E-state index >= 15 is 0 Å². The molecule has 0 rings (SSSR count). The van der Waals surface area contributed by atoms with E-state index in [1.807, 2.05) is 12.2 Å². The van der Waals surface area contributed by atoms with E-state index in [0.717, 1.165) is 122 Å². The molecule has 6 heteroatoms. The van der Waals surface area contributed by atoms with Gasteiger partial charge in [0.05, 0.1) is 0 Å². The summed E-state index contributed by atoms with van der Waals surface area (Å²) in [5.41, 5.74) is 0. The largest absolute Gasteiger partial charge is 0.462 e. The minimum absolute atomic E-state index is 0.114. The van der Waals surface area contributed by atoms with Crippen molar-refractivity contribution in [2.75, 3.05) is 13.2 Å². The Morgan fingerprint density at radius 1 is 0.292 bits per heavy atom. The zero-order chi connectivity index (χ0) is 52.2. The van der Waals surface area contributed by atoms with Crippen LogP contribution in [-0.4, -0.2) is 37.2 Å². The molecule has 6 nitrogen and oxygen atoms in total. The average molecular weight is 994 g/mol. The SMILES string of the molecule is CC/C=C\C/C=C\C/C=C\C/C=C\C/C=C\C/C=C\CCCCCCCCCCCCC(=O)OCC(COC(=O)CCCCCCCC)OC(=O)CC/C=C\C/C=C\C/C=C\C/C=C\C/C=C\C/C=C\CC. The van der Waals surface area contributed by atoms with Gasteiger partial charge >= 0.3 is 17.9 Å². The first-order valence-electron chi connectivity index (χ1n) is 28.8. The zero-order valence-electron chi connectivity index (χ0n) is 46.1. The van der Waals surface area contributed by atoms with Gasteiger partial charge in [-0.1, -0.05) is 250 Å². The first-order chi connectivity index (χ1) is 35.5. The number of carbonyl (C=O) groups excluding carboxylic acids is 3. The van der Waals surface area contributed by atoms with Crippen molar-refractivity contribution in [1.29, 1.82) is 0 Å². The Bertz CT molecular complexity index is 1610. The molecule has 0 spiro atoms. The van der Waals surface area contributed by atoms with E-state index in [-0.39, 0.29) is 31.6 Å². The third-order valence-corrected chi connectivity index (χ3v) is 11.6. The maximum absolute atomic E-state index is 12.8. The van der Waals surface area contributed by atoms with Gasteiger partial charge < -0.3 is 14.2 Å². The fraction of sp³-hybridized carbons (Fsp3) is 0.591. The summed E-state index contributed by atoms with van der Waals surface area (Å²) in [4.78, 5) is 37.8. The van der Waals surface area contributed by atoms with E-state index in [2.05, 4.69) is 154 Å². The molecule has 0 aliphatic rings. The number of hydrogen-bond acceptors (Lipinski definition) is 6. The van der Waals surface area contributed by atoms with Gasteiger partial charge in [0.2, 0.25) is 0 Å².